The number of esters is 3. The predicted molar refractivity (Wildman–Crippen MR) is 229 cm³/mol. The van der Waals surface area contributed by atoms with Crippen LogP contribution in [0, 0.1) is 0 Å². The van der Waals surface area contributed by atoms with Crippen molar-refractivity contribution >= 4 is 17.9 Å². The van der Waals surface area contributed by atoms with Gasteiger partial charge in [0.25, 0.3) is 0 Å². The first-order valence-electron chi connectivity index (χ1n) is 23.0. The van der Waals surface area contributed by atoms with Crippen LogP contribution in [0.15, 0.2) is 36.5 Å². The normalized spacial score (nSPS) is 12.3. The Morgan fingerprint density at radius 1 is 0.352 bits per heavy atom. The summed E-state index contributed by atoms with van der Waals surface area (Å²) in [5.74, 6) is -0.910. The van der Waals surface area contributed by atoms with E-state index in [-0.39, 0.29) is 31.1 Å². The summed E-state index contributed by atoms with van der Waals surface area (Å²) in [7, 11) is 0. The van der Waals surface area contributed by atoms with Crippen molar-refractivity contribution in [2.75, 3.05) is 13.2 Å². The van der Waals surface area contributed by atoms with Gasteiger partial charge in [-0.15, -0.1) is 0 Å². The smallest absolute Gasteiger partial charge is 0.306 e. The third-order valence-corrected chi connectivity index (χ3v) is 9.82. The second kappa shape index (κ2) is 43.4. The van der Waals surface area contributed by atoms with Gasteiger partial charge in [0.1, 0.15) is 13.2 Å². The topological polar surface area (TPSA) is 78.9 Å². The van der Waals surface area contributed by atoms with E-state index in [2.05, 4.69) is 57.2 Å². The predicted octanol–water partition coefficient (Wildman–Crippen LogP) is 14.6. The standard InChI is InChI=1S/C48H86O6/c1-4-7-10-13-16-19-22-23-24-25-27-29-32-35-38-41-47(50)53-44-45(43-52-46(49)40-37-34-31-28-21-18-15-12-9-6-3)54-48(51)42-39-36-33-30-26-20-17-14-11-8-5-2/h12,14-15,17,23-24,45H,4-11,13,16,18-22,25-44H2,1-3H3/b15-12-,17-14-,24-23-. The zero-order valence-corrected chi connectivity index (χ0v) is 35.7. The molecule has 0 N–H and O–H groups in total. The van der Waals surface area contributed by atoms with Crippen LogP contribution < -0.4 is 0 Å². The fourth-order valence-electron chi connectivity index (χ4n) is 6.30. The largest absolute Gasteiger partial charge is 0.462 e. The van der Waals surface area contributed by atoms with Crippen LogP contribution in [-0.4, -0.2) is 37.2 Å². The summed E-state index contributed by atoms with van der Waals surface area (Å²) < 4.78 is 16.7. The lowest BCUT2D eigenvalue weighted by Crippen LogP contribution is -2.30. The minimum atomic E-state index is -0.778. The molecule has 314 valence electrons. The monoisotopic (exact) mass is 759 g/mol. The fourth-order valence-corrected chi connectivity index (χ4v) is 6.30. The Hall–Kier alpha value is -2.37. The average Bonchev–Trinajstić information content (AvgIpc) is 3.17. The second-order valence-electron chi connectivity index (χ2n) is 15.3. The van der Waals surface area contributed by atoms with Crippen LogP contribution in [-0.2, 0) is 28.6 Å². The molecule has 0 aliphatic rings. The molecule has 1 atom stereocenters. The molecular weight excluding hydrogens is 673 g/mol. The van der Waals surface area contributed by atoms with Crippen molar-refractivity contribution in [3.05, 3.63) is 36.5 Å². The Kier molecular flexibility index (Phi) is 41.5. The van der Waals surface area contributed by atoms with E-state index >= 15 is 0 Å². The van der Waals surface area contributed by atoms with Gasteiger partial charge in [-0.1, -0.05) is 166 Å². The van der Waals surface area contributed by atoms with Gasteiger partial charge in [-0.2, -0.15) is 0 Å². The summed E-state index contributed by atoms with van der Waals surface area (Å²) in [6.07, 6.45) is 48.4. The number of rotatable bonds is 41. The quantitative estimate of drug-likeness (QED) is 0.0267. The molecule has 0 amide bonds. The van der Waals surface area contributed by atoms with Gasteiger partial charge in [-0.3, -0.25) is 14.4 Å². The summed E-state index contributed by atoms with van der Waals surface area (Å²) in [4.78, 5) is 37.7. The van der Waals surface area contributed by atoms with Crippen molar-refractivity contribution in [1.29, 1.82) is 0 Å². The molecule has 0 saturated carbocycles. The molecule has 0 aromatic carbocycles. The molecule has 54 heavy (non-hydrogen) atoms. The van der Waals surface area contributed by atoms with E-state index in [0.717, 1.165) is 89.9 Å². The Balaban J connectivity index is 4.37. The average molecular weight is 759 g/mol. The minimum absolute atomic E-state index is 0.0819. The number of carbonyl (C=O) groups is 3. The first-order valence-corrected chi connectivity index (χ1v) is 23.0. The van der Waals surface area contributed by atoms with Gasteiger partial charge < -0.3 is 14.2 Å². The van der Waals surface area contributed by atoms with Crippen LogP contribution in [0.1, 0.15) is 233 Å². The van der Waals surface area contributed by atoms with Crippen molar-refractivity contribution in [2.45, 2.75) is 239 Å². The Labute approximate surface area is 334 Å². The van der Waals surface area contributed by atoms with Gasteiger partial charge in [0.05, 0.1) is 0 Å². The van der Waals surface area contributed by atoms with Crippen molar-refractivity contribution in [3.8, 4) is 0 Å². The highest BCUT2D eigenvalue weighted by atomic mass is 16.6. The van der Waals surface area contributed by atoms with E-state index < -0.39 is 6.10 Å². The Bertz CT molecular complexity index is 922. The Morgan fingerprint density at radius 3 is 1.06 bits per heavy atom. The first kappa shape index (κ1) is 51.6. The van der Waals surface area contributed by atoms with Crippen LogP contribution in [0.3, 0.4) is 0 Å². The van der Waals surface area contributed by atoms with Crippen LogP contribution in [0.5, 0.6) is 0 Å². The van der Waals surface area contributed by atoms with Crippen LogP contribution in [0.2, 0.25) is 0 Å². The number of hydrogen-bond acceptors (Lipinski definition) is 6. The molecule has 0 heterocycles. The van der Waals surface area contributed by atoms with E-state index in [1.165, 1.54) is 103 Å². The number of carbonyl (C=O) groups excluding carboxylic acids is 3. The third-order valence-electron chi connectivity index (χ3n) is 9.82. The molecule has 0 aliphatic carbocycles. The Morgan fingerprint density at radius 2 is 0.667 bits per heavy atom. The molecular formula is C48H86O6. The van der Waals surface area contributed by atoms with E-state index in [1.54, 1.807) is 0 Å². The molecule has 6 nitrogen and oxygen atoms in total. The van der Waals surface area contributed by atoms with E-state index in [1.807, 2.05) is 0 Å². The maximum absolute atomic E-state index is 12.7. The van der Waals surface area contributed by atoms with Crippen LogP contribution in [0.4, 0.5) is 0 Å². The lowest BCUT2D eigenvalue weighted by Gasteiger charge is -2.18. The van der Waals surface area contributed by atoms with Gasteiger partial charge in [0, 0.05) is 19.3 Å². The molecule has 0 fully saturated rings. The van der Waals surface area contributed by atoms with Gasteiger partial charge in [0.15, 0.2) is 6.10 Å². The lowest BCUT2D eigenvalue weighted by molar-refractivity contribution is -0.167. The summed E-state index contributed by atoms with van der Waals surface area (Å²) in [5, 5.41) is 0. The number of hydrogen-bond donors (Lipinski definition) is 0. The summed E-state index contributed by atoms with van der Waals surface area (Å²) in [6, 6.07) is 0. The maximum atomic E-state index is 12.7. The fraction of sp³-hybridized carbons (Fsp3) is 0.812. The SMILES string of the molecule is CCC/C=C\CCCCCCCC(=O)OCC(COC(=O)CCCCCCC/C=C\CCCCCCCC)OC(=O)CCCCCCC/C=C\CCCC. The molecule has 0 radical (unpaired) electrons. The molecule has 6 heteroatoms. The molecule has 1 unspecified atom stereocenters. The van der Waals surface area contributed by atoms with Crippen molar-refractivity contribution in [1.82, 2.24) is 0 Å². The summed E-state index contributed by atoms with van der Waals surface area (Å²) >= 11 is 0. The van der Waals surface area contributed by atoms with Gasteiger partial charge in [-0.25, -0.2) is 0 Å². The van der Waals surface area contributed by atoms with Gasteiger partial charge in [-0.05, 0) is 83.5 Å². The van der Waals surface area contributed by atoms with Gasteiger partial charge in [0.2, 0.25) is 0 Å². The van der Waals surface area contributed by atoms with Crippen molar-refractivity contribution in [2.24, 2.45) is 0 Å². The van der Waals surface area contributed by atoms with Crippen molar-refractivity contribution < 1.29 is 28.6 Å². The highest BCUT2D eigenvalue weighted by molar-refractivity contribution is 5.71. The van der Waals surface area contributed by atoms with Crippen LogP contribution in [0.25, 0.3) is 0 Å². The lowest BCUT2D eigenvalue weighted by atomic mass is 10.1. The summed E-state index contributed by atoms with van der Waals surface area (Å²) in [6.45, 7) is 6.50. The third kappa shape index (κ3) is 40.8. The van der Waals surface area contributed by atoms with E-state index in [0.29, 0.717) is 19.3 Å². The minimum Gasteiger partial charge on any atom is -0.462 e. The molecule has 0 aromatic rings. The molecule has 0 saturated heterocycles. The summed E-state index contributed by atoms with van der Waals surface area (Å²) in [5.41, 5.74) is 0. The first-order chi connectivity index (χ1) is 26.5. The van der Waals surface area contributed by atoms with E-state index in [9.17, 15) is 14.4 Å². The zero-order valence-electron chi connectivity index (χ0n) is 35.7. The molecule has 0 bridgehead atoms. The number of allylic oxidation sites excluding steroid dienone is 6. The highest BCUT2D eigenvalue weighted by Crippen LogP contribution is 2.13. The highest BCUT2D eigenvalue weighted by Gasteiger charge is 2.19. The van der Waals surface area contributed by atoms with E-state index in [4.69, 9.17) is 14.2 Å². The van der Waals surface area contributed by atoms with Crippen LogP contribution >= 0.6 is 0 Å². The number of unbranched alkanes of at least 4 members (excludes halogenated alkanes) is 24. The number of ether oxygens (including phenoxy) is 3. The maximum Gasteiger partial charge on any atom is 0.306 e. The second-order valence-corrected chi connectivity index (χ2v) is 15.3. The molecule has 0 rings (SSSR count). The molecule has 0 aliphatic heterocycles. The molecule has 0 spiro atoms. The zero-order chi connectivity index (χ0) is 39.4. The molecule has 0 aromatic heterocycles. The van der Waals surface area contributed by atoms with Crippen molar-refractivity contribution in [3.63, 3.8) is 0 Å². The van der Waals surface area contributed by atoms with Gasteiger partial charge >= 0.3 is 17.9 Å².